The zero-order valence-corrected chi connectivity index (χ0v) is 43.3. The zero-order valence-electron chi connectivity index (χ0n) is 43.3. The van der Waals surface area contributed by atoms with E-state index in [4.69, 9.17) is 14.2 Å². The summed E-state index contributed by atoms with van der Waals surface area (Å²) in [6, 6.07) is 0. The molecule has 0 fully saturated rings. The van der Waals surface area contributed by atoms with Gasteiger partial charge in [0.05, 0.1) is 0 Å². The molecule has 0 heterocycles. The molecular formula is C59H106O6. The van der Waals surface area contributed by atoms with Crippen LogP contribution >= 0.6 is 0 Å². The molecular weight excluding hydrogens is 805 g/mol. The number of rotatable bonds is 51. The first-order chi connectivity index (χ1) is 32.0. The van der Waals surface area contributed by atoms with Gasteiger partial charge in [0.25, 0.3) is 0 Å². The summed E-state index contributed by atoms with van der Waals surface area (Å²) in [7, 11) is 0. The van der Waals surface area contributed by atoms with E-state index in [1.807, 2.05) is 0 Å². The van der Waals surface area contributed by atoms with E-state index in [2.05, 4.69) is 69.4 Å². The SMILES string of the molecule is CCCCC/C=C\C/C=C\CCCCCCCCCC(=O)OC[C@H](COC(=O)CCCCCCCCCCCCCCC)OC(=O)CCCCCCCCC/C=C\C/C=C\CCCCC. The zero-order chi connectivity index (χ0) is 47.2. The molecule has 0 aliphatic rings. The van der Waals surface area contributed by atoms with Gasteiger partial charge in [-0.1, -0.05) is 236 Å². The second kappa shape index (κ2) is 54.0. The second-order valence-corrected chi connectivity index (χ2v) is 18.8. The van der Waals surface area contributed by atoms with E-state index in [1.54, 1.807) is 0 Å². The molecule has 0 aromatic carbocycles. The molecule has 0 aliphatic carbocycles. The highest BCUT2D eigenvalue weighted by Gasteiger charge is 2.19. The van der Waals surface area contributed by atoms with Crippen LogP contribution in [0.2, 0.25) is 0 Å². The lowest BCUT2D eigenvalue weighted by molar-refractivity contribution is -0.167. The summed E-state index contributed by atoms with van der Waals surface area (Å²) >= 11 is 0. The summed E-state index contributed by atoms with van der Waals surface area (Å²) in [4.78, 5) is 38.1. The molecule has 65 heavy (non-hydrogen) atoms. The van der Waals surface area contributed by atoms with Crippen LogP contribution in [0.4, 0.5) is 0 Å². The highest BCUT2D eigenvalue weighted by atomic mass is 16.6. The normalized spacial score (nSPS) is 12.4. The van der Waals surface area contributed by atoms with Gasteiger partial charge in [0.15, 0.2) is 6.10 Å². The summed E-state index contributed by atoms with van der Waals surface area (Å²) in [6.07, 6.45) is 65.2. The number of esters is 3. The Kier molecular flexibility index (Phi) is 51.8. The van der Waals surface area contributed by atoms with Crippen LogP contribution in [0.3, 0.4) is 0 Å². The fourth-order valence-corrected chi connectivity index (χ4v) is 8.03. The third-order valence-electron chi connectivity index (χ3n) is 12.3. The van der Waals surface area contributed by atoms with Gasteiger partial charge in [-0.05, 0) is 83.5 Å². The van der Waals surface area contributed by atoms with Crippen LogP contribution in [0.5, 0.6) is 0 Å². The first kappa shape index (κ1) is 62.4. The first-order valence-electron chi connectivity index (χ1n) is 28.1. The van der Waals surface area contributed by atoms with E-state index < -0.39 is 6.10 Å². The molecule has 0 radical (unpaired) electrons. The Hall–Kier alpha value is -2.63. The standard InChI is InChI=1S/C59H106O6/c1-4-7-10-13-16-19-22-25-27-29-31-34-37-40-43-46-49-52-58(61)64-55-56(54-63-57(60)51-48-45-42-39-36-33-24-21-18-15-12-9-6-3)65-59(62)53-50-47-44-41-38-35-32-30-28-26-23-20-17-14-11-8-5-2/h16-17,19-20,25-28,56H,4-15,18,21-24,29-55H2,1-3H3/b19-16-,20-17-,27-25-,28-26-/t56-/m0/s1. The third-order valence-corrected chi connectivity index (χ3v) is 12.3. The molecule has 6 heteroatoms. The minimum atomic E-state index is -0.778. The molecule has 0 spiro atoms. The Labute approximate surface area is 403 Å². The highest BCUT2D eigenvalue weighted by molar-refractivity contribution is 5.71. The maximum Gasteiger partial charge on any atom is 0.306 e. The maximum absolute atomic E-state index is 12.8. The van der Waals surface area contributed by atoms with E-state index >= 15 is 0 Å². The van der Waals surface area contributed by atoms with Crippen LogP contribution in [0.1, 0.15) is 290 Å². The molecule has 0 unspecified atom stereocenters. The van der Waals surface area contributed by atoms with Crippen LogP contribution in [-0.2, 0) is 28.6 Å². The maximum atomic E-state index is 12.8. The van der Waals surface area contributed by atoms with E-state index in [1.165, 1.54) is 167 Å². The van der Waals surface area contributed by atoms with Gasteiger partial charge in [0, 0.05) is 19.3 Å². The quantitative estimate of drug-likeness (QED) is 0.0262. The molecule has 378 valence electrons. The van der Waals surface area contributed by atoms with Gasteiger partial charge in [-0.15, -0.1) is 0 Å². The van der Waals surface area contributed by atoms with Crippen molar-refractivity contribution in [3.8, 4) is 0 Å². The molecule has 0 aromatic heterocycles. The lowest BCUT2D eigenvalue weighted by Crippen LogP contribution is -2.30. The van der Waals surface area contributed by atoms with Crippen LogP contribution in [0, 0.1) is 0 Å². The molecule has 0 N–H and O–H groups in total. The Balaban J connectivity index is 4.38. The van der Waals surface area contributed by atoms with E-state index in [0.717, 1.165) is 83.5 Å². The van der Waals surface area contributed by atoms with Gasteiger partial charge >= 0.3 is 17.9 Å². The lowest BCUT2D eigenvalue weighted by Gasteiger charge is -2.18. The predicted molar refractivity (Wildman–Crippen MR) is 279 cm³/mol. The van der Waals surface area contributed by atoms with Gasteiger partial charge in [0.1, 0.15) is 13.2 Å². The van der Waals surface area contributed by atoms with Crippen molar-refractivity contribution < 1.29 is 28.6 Å². The van der Waals surface area contributed by atoms with Gasteiger partial charge in [-0.3, -0.25) is 14.4 Å². The first-order valence-corrected chi connectivity index (χ1v) is 28.1. The second-order valence-electron chi connectivity index (χ2n) is 18.8. The van der Waals surface area contributed by atoms with Gasteiger partial charge in [-0.2, -0.15) is 0 Å². The number of ether oxygens (including phenoxy) is 3. The molecule has 0 saturated heterocycles. The van der Waals surface area contributed by atoms with Crippen molar-refractivity contribution in [1.82, 2.24) is 0 Å². The van der Waals surface area contributed by atoms with E-state index in [-0.39, 0.29) is 31.1 Å². The highest BCUT2D eigenvalue weighted by Crippen LogP contribution is 2.16. The van der Waals surface area contributed by atoms with Crippen LogP contribution in [0.25, 0.3) is 0 Å². The number of hydrogen-bond donors (Lipinski definition) is 0. The number of carbonyl (C=O) groups excluding carboxylic acids is 3. The topological polar surface area (TPSA) is 78.9 Å². The molecule has 0 amide bonds. The Morgan fingerprint density at radius 1 is 0.308 bits per heavy atom. The number of hydrogen-bond acceptors (Lipinski definition) is 6. The Bertz CT molecular complexity index is 1140. The van der Waals surface area contributed by atoms with Crippen LogP contribution in [-0.4, -0.2) is 37.2 Å². The lowest BCUT2D eigenvalue weighted by atomic mass is 10.0. The molecule has 0 aliphatic heterocycles. The number of allylic oxidation sites excluding steroid dienone is 8. The molecule has 0 rings (SSSR count). The number of carbonyl (C=O) groups is 3. The van der Waals surface area contributed by atoms with Gasteiger partial charge in [0.2, 0.25) is 0 Å². The summed E-state index contributed by atoms with van der Waals surface area (Å²) in [5, 5.41) is 0. The third kappa shape index (κ3) is 52.2. The van der Waals surface area contributed by atoms with Crippen molar-refractivity contribution >= 4 is 17.9 Å². The smallest absolute Gasteiger partial charge is 0.306 e. The van der Waals surface area contributed by atoms with Crippen molar-refractivity contribution in [3.63, 3.8) is 0 Å². The van der Waals surface area contributed by atoms with Crippen molar-refractivity contribution in [2.75, 3.05) is 13.2 Å². The van der Waals surface area contributed by atoms with E-state index in [0.29, 0.717) is 19.3 Å². The van der Waals surface area contributed by atoms with E-state index in [9.17, 15) is 14.4 Å². The fourth-order valence-electron chi connectivity index (χ4n) is 8.03. The molecule has 6 nitrogen and oxygen atoms in total. The predicted octanol–water partition coefficient (Wildman–Crippen LogP) is 18.7. The van der Waals surface area contributed by atoms with Gasteiger partial charge < -0.3 is 14.2 Å². The number of unbranched alkanes of at least 4 members (excludes halogenated alkanes) is 32. The minimum absolute atomic E-state index is 0.0762. The molecule has 0 saturated carbocycles. The summed E-state index contributed by atoms with van der Waals surface area (Å²) in [5.74, 6) is -0.880. The largest absolute Gasteiger partial charge is 0.462 e. The van der Waals surface area contributed by atoms with Gasteiger partial charge in [-0.25, -0.2) is 0 Å². The monoisotopic (exact) mass is 911 g/mol. The minimum Gasteiger partial charge on any atom is -0.462 e. The van der Waals surface area contributed by atoms with Crippen molar-refractivity contribution in [2.24, 2.45) is 0 Å². The average molecular weight is 911 g/mol. The molecule has 0 bridgehead atoms. The summed E-state index contributed by atoms with van der Waals surface area (Å²) in [6.45, 7) is 6.60. The van der Waals surface area contributed by atoms with Crippen LogP contribution in [0.15, 0.2) is 48.6 Å². The van der Waals surface area contributed by atoms with Crippen LogP contribution < -0.4 is 0 Å². The fraction of sp³-hybridized carbons (Fsp3) is 0.814. The molecule has 0 aromatic rings. The van der Waals surface area contributed by atoms with Crippen molar-refractivity contribution in [1.29, 1.82) is 0 Å². The summed E-state index contributed by atoms with van der Waals surface area (Å²) in [5.41, 5.74) is 0. The van der Waals surface area contributed by atoms with Crippen molar-refractivity contribution in [3.05, 3.63) is 48.6 Å². The Morgan fingerprint density at radius 2 is 0.554 bits per heavy atom. The Morgan fingerprint density at radius 3 is 0.877 bits per heavy atom. The molecule has 1 atom stereocenters. The van der Waals surface area contributed by atoms with Crippen molar-refractivity contribution in [2.45, 2.75) is 297 Å². The summed E-state index contributed by atoms with van der Waals surface area (Å²) < 4.78 is 16.9. The average Bonchev–Trinajstić information content (AvgIpc) is 3.30.